The molecular weight excluding hydrogens is 424 g/mol. The van der Waals surface area contributed by atoms with Crippen molar-refractivity contribution in [2.24, 2.45) is 5.92 Å². The number of ketones is 2. The summed E-state index contributed by atoms with van der Waals surface area (Å²) in [4.78, 5) is 27.5. The largest absolute Gasteiger partial charge is 0.300 e. The standard InChI is InChI=1S/C20H22O2.C8H10O2.C2H6/c1-15(16(2)21)14-18-8-11-19(12-9-18)20(22)13-10-17-6-4-3-5-7-17;1-7-2-4-8(5-3-7)6-10-9;1-2/h3-9,11-12,15H,10,13-14H2,1-2H3;2-5,9H,6H2,1H3;1-2H3. The zero-order chi connectivity index (χ0) is 25.3. The van der Waals surface area contributed by atoms with Crippen molar-refractivity contribution in [1.82, 2.24) is 0 Å². The number of benzene rings is 3. The highest BCUT2D eigenvalue weighted by atomic mass is 17.1. The Morgan fingerprint density at radius 2 is 1.38 bits per heavy atom. The summed E-state index contributed by atoms with van der Waals surface area (Å²) >= 11 is 0. The van der Waals surface area contributed by atoms with E-state index in [1.807, 2.05) is 107 Å². The number of rotatable bonds is 9. The van der Waals surface area contributed by atoms with E-state index in [1.165, 1.54) is 11.1 Å². The Morgan fingerprint density at radius 3 is 1.91 bits per heavy atom. The third-order valence-electron chi connectivity index (χ3n) is 5.35. The van der Waals surface area contributed by atoms with Crippen LogP contribution in [0.1, 0.15) is 66.7 Å². The number of Topliss-reactive ketones (excluding diaryl/α,β-unsaturated/α-hetero) is 2. The van der Waals surface area contributed by atoms with E-state index >= 15 is 0 Å². The molecule has 4 heteroatoms. The van der Waals surface area contributed by atoms with Gasteiger partial charge in [0.05, 0.1) is 0 Å². The Morgan fingerprint density at radius 1 is 0.824 bits per heavy atom. The highest BCUT2D eigenvalue weighted by Crippen LogP contribution is 2.13. The van der Waals surface area contributed by atoms with E-state index in [2.05, 4.69) is 4.89 Å². The molecule has 0 spiro atoms. The number of hydrogen-bond donors (Lipinski definition) is 1. The summed E-state index contributed by atoms with van der Waals surface area (Å²) in [7, 11) is 0. The zero-order valence-corrected chi connectivity index (χ0v) is 21.1. The summed E-state index contributed by atoms with van der Waals surface area (Å²) in [6, 6.07) is 25.5. The van der Waals surface area contributed by atoms with Crippen molar-refractivity contribution in [2.45, 2.75) is 60.5 Å². The van der Waals surface area contributed by atoms with Gasteiger partial charge in [-0.1, -0.05) is 105 Å². The molecule has 3 aromatic rings. The molecule has 4 nitrogen and oxygen atoms in total. The maximum absolute atomic E-state index is 12.2. The number of carbonyl (C=O) groups excluding carboxylic acids is 2. The second-order valence-electron chi connectivity index (χ2n) is 8.08. The van der Waals surface area contributed by atoms with Crippen molar-refractivity contribution in [3.8, 4) is 0 Å². The van der Waals surface area contributed by atoms with Gasteiger partial charge in [-0.3, -0.25) is 14.8 Å². The van der Waals surface area contributed by atoms with Crippen molar-refractivity contribution in [1.29, 1.82) is 0 Å². The fourth-order valence-corrected chi connectivity index (χ4v) is 3.13. The summed E-state index contributed by atoms with van der Waals surface area (Å²) in [6.45, 7) is 9.83. The second-order valence-corrected chi connectivity index (χ2v) is 8.08. The lowest BCUT2D eigenvalue weighted by Gasteiger charge is -2.08. The molecule has 3 rings (SSSR count). The summed E-state index contributed by atoms with van der Waals surface area (Å²) in [5, 5.41) is 8.09. The second kappa shape index (κ2) is 16.5. The van der Waals surface area contributed by atoms with Crippen LogP contribution in [0.25, 0.3) is 0 Å². The average Bonchev–Trinajstić information content (AvgIpc) is 2.87. The lowest BCUT2D eigenvalue weighted by molar-refractivity contribution is -0.253. The van der Waals surface area contributed by atoms with Crippen LogP contribution in [-0.2, 0) is 29.1 Å². The Kier molecular flexibility index (Phi) is 14.1. The lowest BCUT2D eigenvalue weighted by Crippen LogP contribution is -2.09. The highest BCUT2D eigenvalue weighted by molar-refractivity contribution is 5.96. The van der Waals surface area contributed by atoms with Crippen LogP contribution in [0.2, 0.25) is 0 Å². The first kappa shape index (κ1) is 29.0. The Bertz CT molecular complexity index is 961. The van der Waals surface area contributed by atoms with Gasteiger partial charge in [0, 0.05) is 17.9 Å². The first-order chi connectivity index (χ1) is 16.4. The first-order valence-electron chi connectivity index (χ1n) is 11.9. The molecule has 0 saturated carbocycles. The molecule has 0 aromatic heterocycles. The molecule has 1 N–H and O–H groups in total. The lowest BCUT2D eigenvalue weighted by atomic mass is 9.96. The Labute approximate surface area is 204 Å². The van der Waals surface area contributed by atoms with E-state index < -0.39 is 0 Å². The van der Waals surface area contributed by atoms with Crippen molar-refractivity contribution < 1.29 is 19.7 Å². The van der Waals surface area contributed by atoms with Gasteiger partial charge in [0.1, 0.15) is 12.4 Å². The van der Waals surface area contributed by atoms with Crippen LogP contribution in [0.4, 0.5) is 0 Å². The van der Waals surface area contributed by atoms with Gasteiger partial charge in [-0.05, 0) is 43.4 Å². The van der Waals surface area contributed by atoms with Crippen LogP contribution in [0.3, 0.4) is 0 Å². The van der Waals surface area contributed by atoms with Crippen LogP contribution in [0, 0.1) is 12.8 Å². The van der Waals surface area contributed by atoms with Gasteiger partial charge >= 0.3 is 0 Å². The van der Waals surface area contributed by atoms with E-state index in [1.54, 1.807) is 6.92 Å². The maximum Gasteiger partial charge on any atom is 0.163 e. The van der Waals surface area contributed by atoms with Crippen molar-refractivity contribution >= 4 is 11.6 Å². The molecule has 3 aromatic carbocycles. The van der Waals surface area contributed by atoms with Crippen LogP contribution >= 0.6 is 0 Å². The van der Waals surface area contributed by atoms with Gasteiger partial charge in [-0.25, -0.2) is 4.89 Å². The molecule has 182 valence electrons. The molecule has 34 heavy (non-hydrogen) atoms. The Hall–Kier alpha value is -3.08. The van der Waals surface area contributed by atoms with Gasteiger partial charge in [-0.2, -0.15) is 0 Å². The zero-order valence-electron chi connectivity index (χ0n) is 21.1. The van der Waals surface area contributed by atoms with Crippen LogP contribution in [0.5, 0.6) is 0 Å². The van der Waals surface area contributed by atoms with Crippen LogP contribution < -0.4 is 0 Å². The minimum atomic E-state index is 0.0274. The third kappa shape index (κ3) is 11.2. The summed E-state index contributed by atoms with van der Waals surface area (Å²) in [6.07, 6.45) is 2.02. The minimum absolute atomic E-state index is 0.0274. The molecule has 0 radical (unpaired) electrons. The number of hydrogen-bond acceptors (Lipinski definition) is 4. The maximum atomic E-state index is 12.2. The fourth-order valence-electron chi connectivity index (χ4n) is 3.13. The highest BCUT2D eigenvalue weighted by Gasteiger charge is 2.10. The summed E-state index contributed by atoms with van der Waals surface area (Å²) < 4.78 is 0. The third-order valence-corrected chi connectivity index (χ3v) is 5.35. The molecule has 0 heterocycles. The quantitative estimate of drug-likeness (QED) is 0.206. The van der Waals surface area contributed by atoms with Crippen LogP contribution in [0.15, 0.2) is 78.9 Å². The average molecular weight is 463 g/mol. The van der Waals surface area contributed by atoms with Crippen LogP contribution in [-0.4, -0.2) is 16.8 Å². The normalized spacial score (nSPS) is 10.8. The molecular formula is C30H38O4. The van der Waals surface area contributed by atoms with Crippen molar-refractivity contribution in [2.75, 3.05) is 0 Å². The first-order valence-corrected chi connectivity index (χ1v) is 11.9. The van der Waals surface area contributed by atoms with Crippen molar-refractivity contribution in [3.05, 3.63) is 107 Å². The van der Waals surface area contributed by atoms with E-state index in [0.29, 0.717) is 6.42 Å². The SMILES string of the molecule is CC.CC(=O)C(C)Cc1ccc(C(=O)CCc2ccccc2)cc1.Cc1ccc(COO)cc1. The molecule has 0 aliphatic carbocycles. The number of carbonyl (C=O) groups is 2. The van der Waals surface area contributed by atoms with Gasteiger partial charge in [0.2, 0.25) is 0 Å². The summed E-state index contributed by atoms with van der Waals surface area (Å²) in [5.74, 6) is 0.387. The molecule has 0 saturated heterocycles. The smallest absolute Gasteiger partial charge is 0.163 e. The van der Waals surface area contributed by atoms with E-state index in [-0.39, 0.29) is 24.1 Å². The molecule has 0 aliphatic heterocycles. The molecule has 0 bridgehead atoms. The Balaban J connectivity index is 0.000000402. The van der Waals surface area contributed by atoms with E-state index in [4.69, 9.17) is 5.26 Å². The molecule has 0 aliphatic rings. The molecule has 0 fully saturated rings. The van der Waals surface area contributed by atoms with Crippen molar-refractivity contribution in [3.63, 3.8) is 0 Å². The minimum Gasteiger partial charge on any atom is -0.300 e. The molecule has 1 atom stereocenters. The predicted molar refractivity (Wildman–Crippen MR) is 139 cm³/mol. The van der Waals surface area contributed by atoms with Gasteiger partial charge in [0.25, 0.3) is 0 Å². The molecule has 1 unspecified atom stereocenters. The van der Waals surface area contributed by atoms with Gasteiger partial charge in [0.15, 0.2) is 5.78 Å². The van der Waals surface area contributed by atoms with E-state index in [0.717, 1.165) is 29.5 Å². The monoisotopic (exact) mass is 462 g/mol. The van der Waals surface area contributed by atoms with Gasteiger partial charge < -0.3 is 0 Å². The predicted octanol–water partition coefficient (Wildman–Crippen LogP) is 7.28. The molecule has 0 amide bonds. The topological polar surface area (TPSA) is 63.6 Å². The fraction of sp³-hybridized carbons (Fsp3) is 0.333. The van der Waals surface area contributed by atoms with Gasteiger partial charge in [-0.15, -0.1) is 0 Å². The summed E-state index contributed by atoms with van der Waals surface area (Å²) in [5.41, 5.74) is 5.22. The number of aryl methyl sites for hydroxylation is 2. The van der Waals surface area contributed by atoms with E-state index in [9.17, 15) is 9.59 Å².